The molecule has 0 bridgehead atoms. The number of nitrogens with one attached hydrogen (secondary N) is 1. The summed E-state index contributed by atoms with van der Waals surface area (Å²) in [5.41, 5.74) is 6.66. The minimum atomic E-state index is -0.275. The van der Waals surface area contributed by atoms with Gasteiger partial charge >= 0.3 is 5.97 Å². The Morgan fingerprint density at radius 2 is 1.68 bits per heavy atom. The van der Waals surface area contributed by atoms with Crippen LogP contribution in [0.4, 0.5) is 0 Å². The average Bonchev–Trinajstić information content (AvgIpc) is 3.29. The Balaban J connectivity index is 1.15. The smallest absolute Gasteiger partial charge is 0.339 e. The fraction of sp³-hybridized carbons (Fsp3) is 0.516. The van der Waals surface area contributed by atoms with Gasteiger partial charge in [-0.2, -0.15) is 5.10 Å². The molecule has 2 aromatic heterocycles. The van der Waals surface area contributed by atoms with E-state index in [0.717, 1.165) is 50.7 Å². The van der Waals surface area contributed by atoms with Crippen molar-refractivity contribution in [1.29, 1.82) is 0 Å². The van der Waals surface area contributed by atoms with Gasteiger partial charge in [-0.3, -0.25) is 14.8 Å². The number of carbonyl (C=O) groups excluding carboxylic acids is 2. The first-order valence-corrected chi connectivity index (χ1v) is 14.0. The molecule has 6 rings (SSSR count). The van der Waals surface area contributed by atoms with Gasteiger partial charge in [0.1, 0.15) is 6.10 Å². The van der Waals surface area contributed by atoms with Crippen LogP contribution in [0.5, 0.6) is 0 Å². The van der Waals surface area contributed by atoms with E-state index in [1.165, 1.54) is 12.0 Å². The van der Waals surface area contributed by atoms with Gasteiger partial charge in [-0.25, -0.2) is 10.2 Å². The predicted molar refractivity (Wildman–Crippen MR) is 144 cm³/mol. The summed E-state index contributed by atoms with van der Waals surface area (Å²) in [6.07, 6.45) is 17.1. The third-order valence-electron chi connectivity index (χ3n) is 10.2. The maximum atomic E-state index is 12.6. The Morgan fingerprint density at radius 3 is 2.42 bits per heavy atom. The molecule has 198 valence electrons. The predicted octanol–water partition coefficient (Wildman–Crippen LogP) is 5.75. The minimum absolute atomic E-state index is 0.0293. The topological polar surface area (TPSA) is 93.5 Å². The van der Waals surface area contributed by atoms with Crippen LogP contribution in [0.25, 0.3) is 0 Å². The Hall–Kier alpha value is -3.35. The SMILES string of the molecule is C[C@]12CCC(OC(=O)c3cccnc3)CC1=CC[C@@H]1[C@@H]2CC[C@]2(C)C(=NNC(=O)c3cccnc3)CC[C@@H]12. The largest absolute Gasteiger partial charge is 0.458 e. The molecule has 2 aromatic rings. The van der Waals surface area contributed by atoms with E-state index in [1.54, 1.807) is 49.1 Å². The Labute approximate surface area is 224 Å². The molecule has 4 aliphatic rings. The number of esters is 1. The number of hydrogen-bond acceptors (Lipinski definition) is 6. The standard InChI is InChI=1S/C31H36N4O3/c1-30-13-11-23(38-29(37)21-6-4-16-33-19-21)17-22(30)7-8-24-25-9-10-27(31(25,2)14-12-26(24)30)34-35-28(36)20-5-3-15-32-18-20/h3-7,15-16,18-19,23-26H,8-14,17H2,1-2H3,(H,35,36)/t23?,24-,25-,26-,30-,31-/m0/s1. The van der Waals surface area contributed by atoms with Gasteiger partial charge in [0.2, 0.25) is 0 Å². The van der Waals surface area contributed by atoms with Gasteiger partial charge in [-0.05, 0) is 92.4 Å². The quantitative estimate of drug-likeness (QED) is 0.320. The van der Waals surface area contributed by atoms with E-state index in [4.69, 9.17) is 4.74 Å². The molecule has 0 spiro atoms. The lowest BCUT2D eigenvalue weighted by Crippen LogP contribution is -2.50. The molecule has 1 unspecified atom stereocenters. The summed E-state index contributed by atoms with van der Waals surface area (Å²) in [6.45, 7) is 4.82. The molecule has 0 aliphatic heterocycles. The van der Waals surface area contributed by atoms with Gasteiger partial charge in [-0.15, -0.1) is 0 Å². The van der Waals surface area contributed by atoms with Gasteiger partial charge in [0.05, 0.1) is 11.1 Å². The number of rotatable bonds is 4. The molecule has 1 N–H and O–H groups in total. The fourth-order valence-corrected chi connectivity index (χ4v) is 8.08. The second-order valence-corrected chi connectivity index (χ2v) is 12.0. The minimum Gasteiger partial charge on any atom is -0.458 e. The first-order chi connectivity index (χ1) is 18.4. The summed E-state index contributed by atoms with van der Waals surface area (Å²) in [5, 5.41) is 4.68. The third-order valence-corrected chi connectivity index (χ3v) is 10.2. The Bertz CT molecular complexity index is 1280. The van der Waals surface area contributed by atoms with E-state index >= 15 is 0 Å². The molecule has 0 radical (unpaired) electrons. The monoisotopic (exact) mass is 512 g/mol. The summed E-state index contributed by atoms with van der Waals surface area (Å²) >= 11 is 0. The molecule has 3 saturated carbocycles. The summed E-state index contributed by atoms with van der Waals surface area (Å²) < 4.78 is 5.91. The molecule has 2 heterocycles. The van der Waals surface area contributed by atoms with Crippen LogP contribution < -0.4 is 5.43 Å². The molecule has 7 nitrogen and oxygen atoms in total. The Kier molecular flexibility index (Phi) is 6.40. The van der Waals surface area contributed by atoms with Crippen LogP contribution in [0.3, 0.4) is 0 Å². The maximum absolute atomic E-state index is 12.6. The number of pyridine rings is 2. The number of allylic oxidation sites excluding steroid dienone is 1. The third kappa shape index (κ3) is 4.26. The molecular weight excluding hydrogens is 476 g/mol. The highest BCUT2D eigenvalue weighted by atomic mass is 16.5. The molecule has 38 heavy (non-hydrogen) atoms. The second-order valence-electron chi connectivity index (χ2n) is 12.0. The zero-order chi connectivity index (χ0) is 26.3. The zero-order valence-electron chi connectivity index (χ0n) is 22.2. The van der Waals surface area contributed by atoms with Crippen molar-refractivity contribution in [2.24, 2.45) is 33.7 Å². The van der Waals surface area contributed by atoms with Crippen molar-refractivity contribution in [3.05, 3.63) is 71.8 Å². The van der Waals surface area contributed by atoms with Crippen molar-refractivity contribution >= 4 is 17.6 Å². The number of nitrogens with zero attached hydrogens (tertiary/aromatic N) is 3. The highest BCUT2D eigenvalue weighted by Crippen LogP contribution is 2.64. The van der Waals surface area contributed by atoms with Gasteiger partial charge < -0.3 is 4.74 Å². The number of carbonyl (C=O) groups is 2. The molecule has 4 aliphatic carbocycles. The number of hydrazone groups is 1. The van der Waals surface area contributed by atoms with E-state index in [9.17, 15) is 9.59 Å². The lowest BCUT2D eigenvalue weighted by Gasteiger charge is -2.57. The second kappa shape index (κ2) is 9.75. The van der Waals surface area contributed by atoms with Gasteiger partial charge in [-0.1, -0.05) is 25.5 Å². The summed E-state index contributed by atoms with van der Waals surface area (Å²) in [6, 6.07) is 7.05. The first-order valence-electron chi connectivity index (χ1n) is 14.0. The van der Waals surface area contributed by atoms with Crippen molar-refractivity contribution in [2.45, 2.75) is 71.3 Å². The van der Waals surface area contributed by atoms with Crippen LogP contribution in [-0.4, -0.2) is 33.7 Å². The first kappa shape index (κ1) is 25.0. The van der Waals surface area contributed by atoms with Crippen molar-refractivity contribution in [1.82, 2.24) is 15.4 Å². The molecule has 3 fully saturated rings. The van der Waals surface area contributed by atoms with Crippen LogP contribution in [0, 0.1) is 28.6 Å². The van der Waals surface area contributed by atoms with Gasteiger partial charge in [0.15, 0.2) is 0 Å². The van der Waals surface area contributed by atoms with E-state index in [1.807, 2.05) is 0 Å². The van der Waals surface area contributed by atoms with Crippen molar-refractivity contribution in [3.63, 3.8) is 0 Å². The number of aromatic nitrogens is 2. The van der Waals surface area contributed by atoms with Crippen molar-refractivity contribution in [3.8, 4) is 0 Å². The summed E-state index contributed by atoms with van der Waals surface area (Å²) in [5.74, 6) is 1.36. The van der Waals surface area contributed by atoms with Crippen LogP contribution in [0.2, 0.25) is 0 Å². The zero-order valence-corrected chi connectivity index (χ0v) is 22.2. The maximum Gasteiger partial charge on any atom is 0.339 e. The van der Waals surface area contributed by atoms with Gasteiger partial charge in [0, 0.05) is 42.3 Å². The molecule has 6 atom stereocenters. The number of fused-ring (bicyclic) bond motifs is 5. The molecule has 0 aromatic carbocycles. The van der Waals surface area contributed by atoms with E-state index < -0.39 is 0 Å². The Morgan fingerprint density at radius 1 is 0.974 bits per heavy atom. The van der Waals surface area contributed by atoms with E-state index in [-0.39, 0.29) is 28.8 Å². The number of amides is 1. The molecule has 0 saturated heterocycles. The van der Waals surface area contributed by atoms with Crippen LogP contribution in [0.1, 0.15) is 85.9 Å². The van der Waals surface area contributed by atoms with E-state index in [2.05, 4.69) is 40.4 Å². The van der Waals surface area contributed by atoms with Gasteiger partial charge in [0.25, 0.3) is 5.91 Å². The van der Waals surface area contributed by atoms with Crippen LogP contribution in [0.15, 0.2) is 65.8 Å². The lowest BCUT2D eigenvalue weighted by molar-refractivity contribution is -0.0285. The highest BCUT2D eigenvalue weighted by Gasteiger charge is 2.58. The normalized spacial score (nSPS) is 34.9. The fourth-order valence-electron chi connectivity index (χ4n) is 8.08. The average molecular weight is 513 g/mol. The van der Waals surface area contributed by atoms with Crippen molar-refractivity contribution in [2.75, 3.05) is 0 Å². The molecule has 7 heteroatoms. The summed E-state index contributed by atoms with van der Waals surface area (Å²) in [4.78, 5) is 33.3. The highest BCUT2D eigenvalue weighted by molar-refractivity contribution is 5.97. The molecular formula is C31H36N4O3. The number of hydrogen-bond donors (Lipinski definition) is 1. The van der Waals surface area contributed by atoms with E-state index in [0.29, 0.717) is 28.9 Å². The lowest BCUT2D eigenvalue weighted by atomic mass is 9.48. The number of ether oxygens (including phenoxy) is 1. The molecule has 1 amide bonds. The van der Waals surface area contributed by atoms with Crippen LogP contribution >= 0.6 is 0 Å². The van der Waals surface area contributed by atoms with Crippen molar-refractivity contribution < 1.29 is 14.3 Å². The van der Waals surface area contributed by atoms with Crippen LogP contribution in [-0.2, 0) is 4.74 Å². The summed E-state index contributed by atoms with van der Waals surface area (Å²) in [7, 11) is 0.